The quantitative estimate of drug-likeness (QED) is 0.457. The van der Waals surface area contributed by atoms with Crippen LogP contribution in [-0.4, -0.2) is 46.4 Å². The van der Waals surface area contributed by atoms with Gasteiger partial charge in [-0.3, -0.25) is 9.59 Å². The number of aliphatic hydroxyl groups is 2. The average molecular weight is 485 g/mol. The van der Waals surface area contributed by atoms with Gasteiger partial charge in [-0.25, -0.2) is 4.79 Å². The van der Waals surface area contributed by atoms with Crippen molar-refractivity contribution in [3.05, 3.63) is 35.5 Å². The third kappa shape index (κ3) is 3.00. The number of ketones is 1. The zero-order valence-corrected chi connectivity index (χ0v) is 21.3. The summed E-state index contributed by atoms with van der Waals surface area (Å²) in [6.07, 6.45) is 6.34. The van der Waals surface area contributed by atoms with Crippen LogP contribution in [0.15, 0.2) is 35.5 Å². The molecule has 7 heteroatoms. The normalized spacial score (nSPS) is 47.8. The first-order valence-electron chi connectivity index (χ1n) is 12.6. The number of cyclic esters (lactones) is 1. The van der Waals surface area contributed by atoms with E-state index in [1.165, 1.54) is 13.0 Å². The minimum absolute atomic E-state index is 0.00421. The van der Waals surface area contributed by atoms with Crippen LogP contribution in [0.25, 0.3) is 0 Å². The summed E-state index contributed by atoms with van der Waals surface area (Å²) in [7, 11) is 0. The van der Waals surface area contributed by atoms with Gasteiger partial charge in [0.05, 0.1) is 6.10 Å². The molecule has 1 aliphatic heterocycles. The van der Waals surface area contributed by atoms with E-state index in [4.69, 9.17) is 9.47 Å². The van der Waals surface area contributed by atoms with Gasteiger partial charge in [0.25, 0.3) is 0 Å². The number of hydrogen-bond donors (Lipinski definition) is 2. The molecule has 0 aromatic rings. The molecule has 2 fully saturated rings. The summed E-state index contributed by atoms with van der Waals surface area (Å²) in [6, 6.07) is 0. The molecule has 0 saturated heterocycles. The number of hydrogen-bond acceptors (Lipinski definition) is 7. The van der Waals surface area contributed by atoms with Gasteiger partial charge >= 0.3 is 11.9 Å². The highest BCUT2D eigenvalue weighted by atomic mass is 16.6. The Hall–Kier alpha value is -2.25. The third-order valence-corrected chi connectivity index (χ3v) is 10.3. The number of fused-ring (bicyclic) bond motifs is 5. The first kappa shape index (κ1) is 24.4. The molecule has 35 heavy (non-hydrogen) atoms. The lowest BCUT2D eigenvalue weighted by Crippen LogP contribution is -2.70. The van der Waals surface area contributed by atoms with Crippen LogP contribution in [-0.2, 0) is 23.9 Å². The minimum atomic E-state index is -1.23. The second-order valence-electron chi connectivity index (χ2n) is 12.4. The van der Waals surface area contributed by atoms with E-state index in [-0.39, 0.29) is 17.6 Å². The summed E-state index contributed by atoms with van der Waals surface area (Å²) in [6.45, 7) is 11.4. The van der Waals surface area contributed by atoms with Crippen molar-refractivity contribution in [1.29, 1.82) is 0 Å². The molecular weight excluding hydrogens is 448 g/mol. The van der Waals surface area contributed by atoms with Crippen LogP contribution in [0.3, 0.4) is 0 Å². The smallest absolute Gasteiger partial charge is 0.336 e. The summed E-state index contributed by atoms with van der Waals surface area (Å²) < 4.78 is 10.9. The van der Waals surface area contributed by atoms with Crippen LogP contribution in [0.1, 0.15) is 60.8 Å². The Morgan fingerprint density at radius 2 is 1.83 bits per heavy atom. The molecular formula is C28H36O7. The molecule has 0 radical (unpaired) electrons. The zero-order valence-electron chi connectivity index (χ0n) is 21.3. The second-order valence-corrected chi connectivity index (χ2v) is 12.4. The standard InChI is InChI=1S/C28H36O7/c1-14(29)34-23-21(32)22-25(2,3)19(30)10-12-27(22,5)18-9-11-26(4)16(7-8-17(26)28(18,23)6)15-13-20(31)35-24(15)33/h8,10,12-13,16,18,20-23,31-32H,7,9,11H2,1-6H3. The molecule has 1 heterocycles. The van der Waals surface area contributed by atoms with Gasteiger partial charge in [-0.2, -0.15) is 0 Å². The highest BCUT2D eigenvalue weighted by Gasteiger charge is 2.71. The van der Waals surface area contributed by atoms with Crippen molar-refractivity contribution in [2.24, 2.45) is 39.4 Å². The number of carbonyl (C=O) groups excluding carboxylic acids is 3. The van der Waals surface area contributed by atoms with E-state index in [1.807, 2.05) is 19.9 Å². The maximum Gasteiger partial charge on any atom is 0.336 e. The molecule has 0 amide bonds. The van der Waals surface area contributed by atoms with Crippen molar-refractivity contribution in [3.8, 4) is 0 Å². The minimum Gasteiger partial charge on any atom is -0.459 e. The van der Waals surface area contributed by atoms with E-state index in [0.29, 0.717) is 12.0 Å². The van der Waals surface area contributed by atoms with Crippen molar-refractivity contribution < 1.29 is 34.1 Å². The van der Waals surface area contributed by atoms with Gasteiger partial charge in [0.1, 0.15) is 6.10 Å². The molecule has 0 aromatic carbocycles. The summed E-state index contributed by atoms with van der Waals surface area (Å²) in [5.41, 5.74) is -0.878. The monoisotopic (exact) mass is 484 g/mol. The molecule has 0 bridgehead atoms. The number of allylic oxidation sites excluding steroid dienone is 3. The van der Waals surface area contributed by atoms with Crippen LogP contribution < -0.4 is 0 Å². The molecule has 0 spiro atoms. The Balaban J connectivity index is 1.66. The fourth-order valence-electron chi connectivity index (χ4n) is 9.00. The zero-order chi connectivity index (χ0) is 25.7. The average Bonchev–Trinajstić information content (AvgIpc) is 3.26. The van der Waals surface area contributed by atoms with E-state index in [9.17, 15) is 24.6 Å². The SMILES string of the molecule is CC(=O)OC1C(O)C2C(C)(C)C(=O)C=CC2(C)C2CCC3(C)C(=CCC3C3=CC(O)OC3=O)C12C. The lowest BCUT2D eigenvalue weighted by atomic mass is 9.37. The van der Waals surface area contributed by atoms with Gasteiger partial charge in [-0.1, -0.05) is 52.3 Å². The van der Waals surface area contributed by atoms with Crippen molar-refractivity contribution in [2.45, 2.75) is 79.3 Å². The molecule has 2 saturated carbocycles. The topological polar surface area (TPSA) is 110 Å². The molecule has 2 N–H and O–H groups in total. The highest BCUT2D eigenvalue weighted by Crippen LogP contribution is 2.72. The molecule has 9 unspecified atom stereocenters. The largest absolute Gasteiger partial charge is 0.459 e. The summed E-state index contributed by atoms with van der Waals surface area (Å²) >= 11 is 0. The highest BCUT2D eigenvalue weighted by molar-refractivity contribution is 5.96. The Bertz CT molecular complexity index is 1100. The fraction of sp³-hybridized carbons (Fsp3) is 0.679. The van der Waals surface area contributed by atoms with Gasteiger partial charge < -0.3 is 19.7 Å². The molecule has 9 atom stereocenters. The molecule has 7 nitrogen and oxygen atoms in total. The van der Waals surface area contributed by atoms with E-state index in [1.54, 1.807) is 6.08 Å². The first-order chi connectivity index (χ1) is 16.2. The van der Waals surface area contributed by atoms with E-state index in [0.717, 1.165) is 18.4 Å². The van der Waals surface area contributed by atoms with Crippen molar-refractivity contribution in [2.75, 3.05) is 0 Å². The molecule has 5 rings (SSSR count). The van der Waals surface area contributed by atoms with Crippen LogP contribution >= 0.6 is 0 Å². The number of ether oxygens (including phenoxy) is 2. The van der Waals surface area contributed by atoms with Gasteiger partial charge in [0, 0.05) is 35.2 Å². The lowest BCUT2D eigenvalue weighted by molar-refractivity contribution is -0.228. The molecule has 190 valence electrons. The number of carbonyl (C=O) groups is 3. The van der Waals surface area contributed by atoms with Gasteiger partial charge in [-0.05, 0) is 48.2 Å². The fourth-order valence-corrected chi connectivity index (χ4v) is 9.00. The van der Waals surface area contributed by atoms with E-state index in [2.05, 4.69) is 26.8 Å². The van der Waals surface area contributed by atoms with Crippen LogP contribution in [0, 0.1) is 39.4 Å². The predicted octanol–water partition coefficient (Wildman–Crippen LogP) is 3.25. The number of esters is 2. The Kier molecular flexibility index (Phi) is 5.16. The number of aliphatic hydroxyl groups excluding tert-OH is 2. The Labute approximate surface area is 206 Å². The summed E-state index contributed by atoms with van der Waals surface area (Å²) in [5, 5.41) is 21.8. The van der Waals surface area contributed by atoms with Crippen LogP contribution in [0.2, 0.25) is 0 Å². The maximum absolute atomic E-state index is 12.9. The summed E-state index contributed by atoms with van der Waals surface area (Å²) in [4.78, 5) is 37.8. The first-order valence-corrected chi connectivity index (χ1v) is 12.6. The predicted molar refractivity (Wildman–Crippen MR) is 126 cm³/mol. The van der Waals surface area contributed by atoms with E-state index < -0.39 is 58.0 Å². The van der Waals surface area contributed by atoms with E-state index >= 15 is 0 Å². The van der Waals surface area contributed by atoms with Gasteiger partial charge in [0.2, 0.25) is 6.29 Å². The molecule has 5 aliphatic rings. The third-order valence-electron chi connectivity index (χ3n) is 10.3. The van der Waals surface area contributed by atoms with Gasteiger partial charge in [-0.15, -0.1) is 0 Å². The second kappa shape index (κ2) is 7.39. The molecule has 4 aliphatic carbocycles. The van der Waals surface area contributed by atoms with Gasteiger partial charge in [0.15, 0.2) is 5.78 Å². The Morgan fingerprint density at radius 3 is 2.43 bits per heavy atom. The maximum atomic E-state index is 12.9. The van der Waals surface area contributed by atoms with Crippen molar-refractivity contribution >= 4 is 17.7 Å². The molecule has 0 aromatic heterocycles. The van der Waals surface area contributed by atoms with Crippen LogP contribution in [0.4, 0.5) is 0 Å². The Morgan fingerprint density at radius 1 is 1.14 bits per heavy atom. The lowest BCUT2D eigenvalue weighted by Gasteiger charge is -2.67. The van der Waals surface area contributed by atoms with Crippen LogP contribution in [0.5, 0.6) is 0 Å². The van der Waals surface area contributed by atoms with Crippen molar-refractivity contribution in [1.82, 2.24) is 0 Å². The number of rotatable bonds is 2. The van der Waals surface area contributed by atoms with Crippen molar-refractivity contribution in [3.63, 3.8) is 0 Å². The summed E-state index contributed by atoms with van der Waals surface area (Å²) in [5.74, 6) is -1.57.